The second-order valence-electron chi connectivity index (χ2n) is 28.6. The molecule has 0 saturated carbocycles. The highest BCUT2D eigenvalue weighted by Gasteiger charge is 2.53. The van der Waals surface area contributed by atoms with Crippen molar-refractivity contribution in [1.82, 2.24) is 9.13 Å². The van der Waals surface area contributed by atoms with Crippen molar-refractivity contribution in [2.75, 3.05) is 4.90 Å². The highest BCUT2D eigenvalue weighted by molar-refractivity contribution is 6.11. The molecule has 12 aromatic carbocycles. The summed E-state index contributed by atoms with van der Waals surface area (Å²) in [5.74, 6) is 0.584. The molecule has 0 radical (unpaired) electrons. The van der Waals surface area contributed by atoms with E-state index in [-0.39, 0.29) is 5.41 Å². The number of rotatable bonds is 11. The zero-order valence-corrected chi connectivity index (χ0v) is 55.2. The Morgan fingerprint density at radius 3 is 1.69 bits per heavy atom. The van der Waals surface area contributed by atoms with Crippen LogP contribution in [0.3, 0.4) is 0 Å². The fourth-order valence-corrected chi connectivity index (χ4v) is 16.9. The van der Waals surface area contributed by atoms with Crippen LogP contribution in [0.25, 0.3) is 117 Å². The number of allylic oxidation sites excluding steroid dienone is 4. The minimum Gasteiger partial charge on any atom is -0.332 e. The lowest BCUT2D eigenvalue weighted by atomic mass is 9.67. The standard InChI is InChI=1S/C93H75N3/c1-61(91(2,3)4)55-62-35-37-65(38-36-62)69-43-50-77-75-27-12-16-31-83(75)93(85(77)58-69)84-32-17-13-28-76(84)78-51-44-70(59-86(78)93)67-23-20-26-74(56-67)95-88-34-19-15-30-80(88)82-57-68(45-52-89(82)95)66-41-48-73(49-42-66)96(72-46-39-64(40-47-72)63-21-8-6-9-22-63)92(5)54-53-81-79-29-14-18-33-87(79)94(90(81)60-92)71-24-10-7-11-25-71/h6-16,18-31,33-53,56-61H,17,32,54-55H2,1-5H3. The SMILES string of the molecule is CC(Cc1ccc(-c2ccc3c(c2)C2(C4=C(C=CCC4)c4ccc(-c5cccc(-n6c7ccccc7c7cc(-c8ccc(N(c9ccc(-c%10ccccc%10)cc9)C9(C)C=c%10c(c%11ccccc%11n%10-c%10ccccc%10)=CC9)cc8)ccc76)c5)cc42)c2ccccc2-3)cc1)C(C)(C)C. The van der Waals surface area contributed by atoms with Crippen molar-refractivity contribution >= 4 is 61.8 Å². The summed E-state index contributed by atoms with van der Waals surface area (Å²) >= 11 is 0. The summed E-state index contributed by atoms with van der Waals surface area (Å²) in [4.78, 5) is 2.56. The van der Waals surface area contributed by atoms with Gasteiger partial charge in [-0.3, -0.25) is 0 Å². The molecule has 462 valence electrons. The molecule has 18 rings (SSSR count). The summed E-state index contributed by atoms with van der Waals surface area (Å²) < 4.78 is 4.93. The third-order valence-corrected chi connectivity index (χ3v) is 22.1. The van der Waals surface area contributed by atoms with Gasteiger partial charge in [-0.25, -0.2) is 0 Å². The van der Waals surface area contributed by atoms with Gasteiger partial charge in [-0.2, -0.15) is 0 Å². The van der Waals surface area contributed by atoms with Crippen molar-refractivity contribution in [3.8, 4) is 67.0 Å². The lowest BCUT2D eigenvalue weighted by Crippen LogP contribution is -2.48. The Kier molecular flexibility index (Phi) is 13.4. The van der Waals surface area contributed by atoms with Crippen LogP contribution < -0.4 is 15.5 Å². The second-order valence-corrected chi connectivity index (χ2v) is 28.6. The quantitative estimate of drug-likeness (QED) is 0.126. The summed E-state index contributed by atoms with van der Waals surface area (Å²) in [5, 5.41) is 6.26. The zero-order chi connectivity index (χ0) is 64.4. The maximum Gasteiger partial charge on any atom is 0.0688 e. The van der Waals surface area contributed by atoms with Crippen LogP contribution in [0.1, 0.15) is 81.7 Å². The number of anilines is 2. The molecule has 3 unspecified atom stereocenters. The Labute approximate surface area is 563 Å². The number of para-hydroxylation sites is 3. The van der Waals surface area contributed by atoms with Gasteiger partial charge in [0, 0.05) is 44.1 Å². The molecule has 1 spiro atoms. The smallest absolute Gasteiger partial charge is 0.0688 e. The highest BCUT2D eigenvalue weighted by Crippen LogP contribution is 2.64. The zero-order valence-electron chi connectivity index (χ0n) is 55.2. The number of nitrogens with zero attached hydrogens (tertiary/aromatic N) is 3. The summed E-state index contributed by atoms with van der Waals surface area (Å²) in [7, 11) is 0. The average Bonchev–Trinajstić information content (AvgIpc) is 1.51. The first-order valence-electron chi connectivity index (χ1n) is 34.5. The minimum atomic E-state index is -0.420. The Balaban J connectivity index is 0.709. The van der Waals surface area contributed by atoms with E-state index in [1.807, 2.05) is 0 Å². The van der Waals surface area contributed by atoms with Gasteiger partial charge in [-0.1, -0.05) is 246 Å². The number of hydrogen-bond acceptors (Lipinski definition) is 1. The summed E-state index contributed by atoms with van der Waals surface area (Å²) in [6.45, 7) is 11.8. The van der Waals surface area contributed by atoms with Crippen LogP contribution in [0.15, 0.2) is 303 Å². The van der Waals surface area contributed by atoms with Crippen molar-refractivity contribution in [2.45, 2.75) is 71.3 Å². The molecule has 2 aromatic heterocycles. The van der Waals surface area contributed by atoms with E-state index in [4.69, 9.17) is 0 Å². The minimum absolute atomic E-state index is 0.261. The van der Waals surface area contributed by atoms with Crippen molar-refractivity contribution in [1.29, 1.82) is 0 Å². The molecule has 0 fully saturated rings. The van der Waals surface area contributed by atoms with Gasteiger partial charge in [0.25, 0.3) is 0 Å². The van der Waals surface area contributed by atoms with Crippen molar-refractivity contribution in [3.05, 3.63) is 341 Å². The maximum atomic E-state index is 2.56. The van der Waals surface area contributed by atoms with Gasteiger partial charge in [0.05, 0.1) is 32.9 Å². The summed E-state index contributed by atoms with van der Waals surface area (Å²) in [6, 6.07) is 108. The van der Waals surface area contributed by atoms with Gasteiger partial charge in [0.1, 0.15) is 0 Å². The predicted octanol–water partition coefficient (Wildman–Crippen LogP) is 22.6. The van der Waals surface area contributed by atoms with Gasteiger partial charge in [-0.15, -0.1) is 0 Å². The third-order valence-electron chi connectivity index (χ3n) is 22.1. The Bertz CT molecular complexity index is 5640. The fourth-order valence-electron chi connectivity index (χ4n) is 16.9. The molecule has 3 nitrogen and oxygen atoms in total. The first-order valence-corrected chi connectivity index (χ1v) is 34.5. The predicted molar refractivity (Wildman–Crippen MR) is 405 cm³/mol. The fraction of sp³-hybridized carbons (Fsp3) is 0.140. The molecular formula is C93H75N3. The first kappa shape index (κ1) is 57.6. The van der Waals surface area contributed by atoms with E-state index in [1.54, 1.807) is 0 Å². The highest BCUT2D eigenvalue weighted by atomic mass is 15.2. The van der Waals surface area contributed by atoms with Crippen LogP contribution in [-0.2, 0) is 11.8 Å². The van der Waals surface area contributed by atoms with E-state index in [0.29, 0.717) is 5.92 Å². The van der Waals surface area contributed by atoms with Gasteiger partial charge in [0.2, 0.25) is 0 Å². The first-order chi connectivity index (χ1) is 47.0. The Hall–Kier alpha value is -11.0. The van der Waals surface area contributed by atoms with Crippen LogP contribution >= 0.6 is 0 Å². The molecule has 3 heteroatoms. The van der Waals surface area contributed by atoms with E-state index in [0.717, 1.165) is 48.4 Å². The number of aromatic nitrogens is 2. The molecule has 0 bridgehead atoms. The molecule has 0 N–H and O–H groups in total. The molecule has 0 amide bonds. The molecular weight excluding hydrogens is 1160 g/mol. The van der Waals surface area contributed by atoms with E-state index in [9.17, 15) is 0 Å². The van der Waals surface area contributed by atoms with Crippen molar-refractivity contribution in [3.63, 3.8) is 0 Å². The second kappa shape index (κ2) is 22.3. The van der Waals surface area contributed by atoms with Crippen LogP contribution in [0.5, 0.6) is 0 Å². The van der Waals surface area contributed by atoms with Crippen LogP contribution in [0.2, 0.25) is 0 Å². The average molecular weight is 1230 g/mol. The monoisotopic (exact) mass is 1230 g/mol. The molecule has 2 heterocycles. The third kappa shape index (κ3) is 9.15. The van der Waals surface area contributed by atoms with E-state index < -0.39 is 11.0 Å². The van der Waals surface area contributed by atoms with Crippen LogP contribution in [0, 0.1) is 11.3 Å². The van der Waals surface area contributed by atoms with E-state index >= 15 is 0 Å². The van der Waals surface area contributed by atoms with Gasteiger partial charge in [-0.05, 0) is 230 Å². The van der Waals surface area contributed by atoms with Crippen LogP contribution in [0.4, 0.5) is 11.4 Å². The molecule has 14 aromatic rings. The lowest BCUT2D eigenvalue weighted by Gasteiger charge is -2.42. The van der Waals surface area contributed by atoms with E-state index in [1.165, 1.54) is 138 Å². The number of hydrogen-bond donors (Lipinski definition) is 0. The number of benzene rings is 12. The maximum absolute atomic E-state index is 2.56. The molecule has 4 aliphatic rings. The summed E-state index contributed by atoms with van der Waals surface area (Å²) in [6.07, 6.45) is 13.8. The van der Waals surface area contributed by atoms with Crippen LogP contribution in [-0.4, -0.2) is 14.7 Å². The van der Waals surface area contributed by atoms with Gasteiger partial charge in [0.15, 0.2) is 0 Å². The molecule has 0 saturated heterocycles. The molecule has 0 aliphatic heterocycles. The topological polar surface area (TPSA) is 13.1 Å². The van der Waals surface area contributed by atoms with Crippen molar-refractivity contribution in [2.24, 2.45) is 11.3 Å². The molecule has 4 aliphatic carbocycles. The molecule has 96 heavy (non-hydrogen) atoms. The number of fused-ring (bicyclic) bond motifs is 15. The van der Waals surface area contributed by atoms with E-state index in [2.05, 4.69) is 358 Å². The van der Waals surface area contributed by atoms with Gasteiger partial charge < -0.3 is 14.0 Å². The van der Waals surface area contributed by atoms with Crippen molar-refractivity contribution < 1.29 is 0 Å². The normalized spacial score (nSPS) is 17.1. The Morgan fingerprint density at radius 2 is 0.958 bits per heavy atom. The largest absolute Gasteiger partial charge is 0.332 e. The molecule has 3 atom stereocenters. The summed E-state index contributed by atoms with van der Waals surface area (Å²) in [5.41, 5.74) is 29.9. The van der Waals surface area contributed by atoms with Gasteiger partial charge >= 0.3 is 0 Å². The Morgan fingerprint density at radius 1 is 0.438 bits per heavy atom. The lowest BCUT2D eigenvalue weighted by molar-refractivity contribution is 0.260.